The Morgan fingerprint density at radius 2 is 2.25 bits per heavy atom. The van der Waals surface area contributed by atoms with Crippen LogP contribution in [0.1, 0.15) is 22.3 Å². The molecule has 0 aliphatic heterocycles. The third kappa shape index (κ3) is 3.77. The predicted molar refractivity (Wildman–Crippen MR) is 64.5 cm³/mol. The monoisotopic (exact) mass is 235 g/mol. The number of hydrogen-bond donors (Lipinski definition) is 0. The van der Waals surface area contributed by atoms with E-state index in [1.165, 1.54) is 0 Å². The van der Waals surface area contributed by atoms with Crippen LogP contribution >= 0.6 is 11.6 Å². The highest BCUT2D eigenvalue weighted by Crippen LogP contribution is 2.16. The first-order valence-electron chi connectivity index (χ1n) is 4.70. The van der Waals surface area contributed by atoms with E-state index in [0.29, 0.717) is 23.6 Å². The van der Waals surface area contributed by atoms with Gasteiger partial charge in [-0.25, -0.2) is 0 Å². The summed E-state index contributed by atoms with van der Waals surface area (Å²) in [4.78, 5) is 13.4. The normalized spacial score (nSPS) is 10.1. The second-order valence-electron chi connectivity index (χ2n) is 3.04. The number of benzene rings is 1. The Kier molecular flexibility index (Phi) is 5.12. The molecule has 0 aliphatic carbocycles. The van der Waals surface area contributed by atoms with Gasteiger partial charge in [0.15, 0.2) is 6.29 Å². The van der Waals surface area contributed by atoms with Gasteiger partial charge in [-0.05, 0) is 29.6 Å². The second kappa shape index (κ2) is 6.67. The average Bonchev–Trinajstić information content (AvgIpc) is 2.30. The Balaban J connectivity index is 2.72. The lowest BCUT2D eigenvalue weighted by atomic mass is 10.1. The molecule has 0 unspecified atom stereocenters. The molecule has 0 amide bonds. The zero-order valence-corrected chi connectivity index (χ0v) is 9.26. The van der Waals surface area contributed by atoms with Gasteiger partial charge in [0, 0.05) is 22.0 Å². The van der Waals surface area contributed by atoms with Crippen LogP contribution in [-0.4, -0.2) is 12.8 Å². The Morgan fingerprint density at radius 3 is 2.94 bits per heavy atom. The fourth-order valence-electron chi connectivity index (χ4n) is 1.19. The average molecular weight is 236 g/mol. The minimum atomic E-state index is 0.414. The van der Waals surface area contributed by atoms with Crippen molar-refractivity contribution >= 4 is 24.0 Å². The van der Waals surface area contributed by atoms with Crippen molar-refractivity contribution in [2.24, 2.45) is 5.11 Å². The maximum absolute atomic E-state index is 10.8. The van der Waals surface area contributed by atoms with Crippen LogP contribution in [-0.2, 0) is 0 Å². The minimum absolute atomic E-state index is 0.414. The minimum Gasteiger partial charge on any atom is -0.298 e. The van der Waals surface area contributed by atoms with Gasteiger partial charge in [0.05, 0.1) is 0 Å². The number of azide groups is 1. The molecule has 0 fully saturated rings. The molecule has 0 heterocycles. The molecule has 1 rings (SSSR count). The molecular formula is C11H10ClN3O. The summed E-state index contributed by atoms with van der Waals surface area (Å²) in [7, 11) is 0. The molecule has 16 heavy (non-hydrogen) atoms. The van der Waals surface area contributed by atoms with Crippen LogP contribution in [0.4, 0.5) is 0 Å². The summed E-state index contributed by atoms with van der Waals surface area (Å²) in [5.41, 5.74) is 9.42. The summed E-state index contributed by atoms with van der Waals surface area (Å²) in [6.45, 7) is 0.414. The van der Waals surface area contributed by atoms with Gasteiger partial charge in [0.2, 0.25) is 0 Å². The largest absolute Gasteiger partial charge is 0.298 e. The van der Waals surface area contributed by atoms with E-state index in [1.54, 1.807) is 18.2 Å². The van der Waals surface area contributed by atoms with Gasteiger partial charge in [-0.2, -0.15) is 0 Å². The van der Waals surface area contributed by atoms with Crippen LogP contribution in [0.2, 0.25) is 5.02 Å². The summed E-state index contributed by atoms with van der Waals surface area (Å²) in [5, 5.41) is 3.93. The lowest BCUT2D eigenvalue weighted by Crippen LogP contribution is -1.85. The van der Waals surface area contributed by atoms with Crippen LogP contribution in [0.3, 0.4) is 0 Å². The molecular weight excluding hydrogens is 226 g/mol. The molecule has 0 N–H and O–H groups in total. The standard InChI is InChI=1S/C11H10ClN3O/c12-11-5-4-9(10(7-11)8-16)3-1-2-6-14-15-13/h1,3-5,7-8H,2,6H2. The van der Waals surface area contributed by atoms with Crippen LogP contribution in [0.5, 0.6) is 0 Å². The van der Waals surface area contributed by atoms with E-state index in [4.69, 9.17) is 17.1 Å². The maximum atomic E-state index is 10.8. The van der Waals surface area contributed by atoms with Gasteiger partial charge >= 0.3 is 0 Å². The first kappa shape index (κ1) is 12.3. The lowest BCUT2D eigenvalue weighted by molar-refractivity contribution is 0.112. The molecule has 0 saturated carbocycles. The van der Waals surface area contributed by atoms with Gasteiger partial charge < -0.3 is 0 Å². The smallest absolute Gasteiger partial charge is 0.150 e. The van der Waals surface area contributed by atoms with Gasteiger partial charge in [-0.15, -0.1) is 0 Å². The highest BCUT2D eigenvalue weighted by molar-refractivity contribution is 6.30. The van der Waals surface area contributed by atoms with Gasteiger partial charge in [0.1, 0.15) is 0 Å². The van der Waals surface area contributed by atoms with Crippen molar-refractivity contribution in [3.8, 4) is 0 Å². The van der Waals surface area contributed by atoms with Gasteiger partial charge in [-0.3, -0.25) is 4.79 Å². The van der Waals surface area contributed by atoms with E-state index in [9.17, 15) is 4.79 Å². The highest BCUT2D eigenvalue weighted by Gasteiger charge is 1.98. The lowest BCUT2D eigenvalue weighted by Gasteiger charge is -1.99. The molecule has 82 valence electrons. The van der Waals surface area contributed by atoms with E-state index in [0.717, 1.165) is 11.8 Å². The molecule has 4 nitrogen and oxygen atoms in total. The summed E-state index contributed by atoms with van der Waals surface area (Å²) in [5.74, 6) is 0. The number of carbonyl (C=O) groups excluding carboxylic acids is 1. The zero-order chi connectivity index (χ0) is 11.8. The molecule has 0 atom stereocenters. The summed E-state index contributed by atoms with van der Waals surface area (Å²) >= 11 is 5.76. The van der Waals surface area contributed by atoms with Crippen molar-refractivity contribution in [3.63, 3.8) is 0 Å². The van der Waals surface area contributed by atoms with Crippen molar-refractivity contribution in [2.75, 3.05) is 6.54 Å². The molecule has 5 heteroatoms. The number of halogens is 1. The van der Waals surface area contributed by atoms with Crippen molar-refractivity contribution in [3.05, 3.63) is 50.9 Å². The fourth-order valence-corrected chi connectivity index (χ4v) is 1.37. The first-order chi connectivity index (χ1) is 7.77. The van der Waals surface area contributed by atoms with Crippen molar-refractivity contribution in [2.45, 2.75) is 6.42 Å². The number of hydrogen-bond acceptors (Lipinski definition) is 2. The van der Waals surface area contributed by atoms with E-state index in [-0.39, 0.29) is 0 Å². The number of aldehydes is 1. The summed E-state index contributed by atoms with van der Waals surface area (Å²) < 4.78 is 0. The molecule has 0 saturated heterocycles. The molecule has 1 aromatic rings. The highest BCUT2D eigenvalue weighted by atomic mass is 35.5. The van der Waals surface area contributed by atoms with Crippen LogP contribution in [0.25, 0.3) is 16.5 Å². The fraction of sp³-hybridized carbons (Fsp3) is 0.182. The Bertz CT molecular complexity index is 451. The van der Waals surface area contributed by atoms with Crippen molar-refractivity contribution in [1.82, 2.24) is 0 Å². The maximum Gasteiger partial charge on any atom is 0.150 e. The Labute approximate surface area is 98.2 Å². The first-order valence-corrected chi connectivity index (χ1v) is 5.08. The Hall–Kier alpha value is -1.77. The van der Waals surface area contributed by atoms with Gasteiger partial charge in [-0.1, -0.05) is 34.9 Å². The summed E-state index contributed by atoms with van der Waals surface area (Å²) in [6, 6.07) is 5.11. The van der Waals surface area contributed by atoms with E-state index < -0.39 is 0 Å². The predicted octanol–water partition coefficient (Wildman–Crippen LogP) is 3.87. The van der Waals surface area contributed by atoms with E-state index in [2.05, 4.69) is 10.0 Å². The SMILES string of the molecule is [N-]=[N+]=NCCC=Cc1ccc(Cl)cc1C=O. The van der Waals surface area contributed by atoms with Gasteiger partial charge in [0.25, 0.3) is 0 Å². The van der Waals surface area contributed by atoms with E-state index >= 15 is 0 Å². The van der Waals surface area contributed by atoms with Crippen molar-refractivity contribution < 1.29 is 4.79 Å². The zero-order valence-electron chi connectivity index (χ0n) is 8.51. The van der Waals surface area contributed by atoms with E-state index in [1.807, 2.05) is 12.2 Å². The van der Waals surface area contributed by atoms with Crippen molar-refractivity contribution in [1.29, 1.82) is 0 Å². The third-order valence-corrected chi connectivity index (χ3v) is 2.17. The third-order valence-electron chi connectivity index (χ3n) is 1.93. The van der Waals surface area contributed by atoms with Crippen LogP contribution in [0.15, 0.2) is 29.4 Å². The molecule has 0 aliphatic rings. The number of carbonyl (C=O) groups is 1. The second-order valence-corrected chi connectivity index (χ2v) is 3.47. The number of nitrogens with zero attached hydrogens (tertiary/aromatic N) is 3. The molecule has 0 radical (unpaired) electrons. The summed E-state index contributed by atoms with van der Waals surface area (Å²) in [6.07, 6.45) is 5.07. The molecule has 0 bridgehead atoms. The molecule has 0 spiro atoms. The Morgan fingerprint density at radius 1 is 1.44 bits per heavy atom. The topological polar surface area (TPSA) is 65.8 Å². The molecule has 0 aromatic heterocycles. The van der Waals surface area contributed by atoms with Crippen LogP contribution in [0, 0.1) is 0 Å². The van der Waals surface area contributed by atoms with Crippen LogP contribution < -0.4 is 0 Å². The quantitative estimate of drug-likeness (QED) is 0.251. The number of rotatable bonds is 5. The molecule has 1 aromatic carbocycles.